The second-order valence-corrected chi connectivity index (χ2v) is 8.12. The van der Waals surface area contributed by atoms with Gasteiger partial charge in [-0.15, -0.1) is 0 Å². The zero-order chi connectivity index (χ0) is 24.2. The predicted octanol–water partition coefficient (Wildman–Crippen LogP) is 1.44. The lowest BCUT2D eigenvalue weighted by Crippen LogP contribution is -2.47. The number of amides is 1. The minimum Gasteiger partial charge on any atom is -0.466 e. The highest BCUT2D eigenvalue weighted by Crippen LogP contribution is 2.19. The molecule has 34 heavy (non-hydrogen) atoms. The molecular weight excluding hydrogens is 438 g/mol. The third-order valence-electron chi connectivity index (χ3n) is 6.07. The van der Waals surface area contributed by atoms with Crippen LogP contribution in [0.1, 0.15) is 26.7 Å². The molecular formula is C24H27N5O5. The van der Waals surface area contributed by atoms with Crippen molar-refractivity contribution < 1.29 is 14.3 Å². The van der Waals surface area contributed by atoms with Crippen molar-refractivity contribution >= 4 is 22.9 Å². The Bertz CT molecular complexity index is 1320. The van der Waals surface area contributed by atoms with Crippen molar-refractivity contribution in [1.82, 2.24) is 24.0 Å². The highest BCUT2D eigenvalue weighted by molar-refractivity contribution is 5.79. The summed E-state index contributed by atoms with van der Waals surface area (Å²) in [5.41, 5.74) is -0.179. The summed E-state index contributed by atoms with van der Waals surface area (Å²) in [5, 5.41) is 0.176. The van der Waals surface area contributed by atoms with Crippen LogP contribution in [0.2, 0.25) is 0 Å². The van der Waals surface area contributed by atoms with E-state index in [9.17, 15) is 19.2 Å². The number of aryl methyl sites for hydroxylation is 1. The molecule has 178 valence electrons. The first-order chi connectivity index (χ1) is 16.4. The molecule has 0 atom stereocenters. The van der Waals surface area contributed by atoms with Gasteiger partial charge < -0.3 is 9.64 Å². The molecule has 10 heteroatoms. The monoisotopic (exact) mass is 465 g/mol. The van der Waals surface area contributed by atoms with Gasteiger partial charge in [-0.2, -0.15) is 0 Å². The molecule has 0 spiro atoms. The molecule has 1 aromatic carbocycles. The van der Waals surface area contributed by atoms with Crippen LogP contribution in [0.5, 0.6) is 0 Å². The molecule has 1 amide bonds. The molecule has 0 bridgehead atoms. The zero-order valence-electron chi connectivity index (χ0n) is 19.3. The first-order valence-corrected chi connectivity index (χ1v) is 11.4. The van der Waals surface area contributed by atoms with Crippen molar-refractivity contribution in [2.24, 2.45) is 5.92 Å². The zero-order valence-corrected chi connectivity index (χ0v) is 19.3. The second-order valence-electron chi connectivity index (χ2n) is 8.12. The fourth-order valence-electron chi connectivity index (χ4n) is 4.21. The van der Waals surface area contributed by atoms with Crippen LogP contribution in [-0.2, 0) is 27.4 Å². The molecule has 0 aliphatic carbocycles. The third kappa shape index (κ3) is 4.48. The van der Waals surface area contributed by atoms with Gasteiger partial charge in [0.05, 0.1) is 12.5 Å². The number of rotatable bonds is 6. The van der Waals surface area contributed by atoms with E-state index in [2.05, 4.69) is 9.97 Å². The largest absolute Gasteiger partial charge is 0.466 e. The lowest BCUT2D eigenvalue weighted by molar-refractivity contribution is -0.151. The van der Waals surface area contributed by atoms with Crippen molar-refractivity contribution in [2.45, 2.75) is 39.8 Å². The van der Waals surface area contributed by atoms with E-state index in [0.29, 0.717) is 38.4 Å². The van der Waals surface area contributed by atoms with Gasteiger partial charge in [-0.05, 0) is 26.7 Å². The molecule has 1 aliphatic heterocycles. The number of carbonyl (C=O) groups is 2. The van der Waals surface area contributed by atoms with E-state index in [1.807, 2.05) is 30.3 Å². The lowest BCUT2D eigenvalue weighted by Gasteiger charge is -2.31. The third-order valence-corrected chi connectivity index (χ3v) is 6.07. The van der Waals surface area contributed by atoms with Crippen LogP contribution in [0.15, 0.2) is 46.1 Å². The van der Waals surface area contributed by atoms with Crippen molar-refractivity contribution in [3.63, 3.8) is 0 Å². The van der Waals surface area contributed by atoms with Crippen molar-refractivity contribution in [3.05, 3.63) is 57.4 Å². The summed E-state index contributed by atoms with van der Waals surface area (Å²) in [6.45, 7) is 4.50. The molecule has 4 rings (SSSR count). The second kappa shape index (κ2) is 9.98. The van der Waals surface area contributed by atoms with E-state index in [-0.39, 0.29) is 41.9 Å². The Morgan fingerprint density at radius 1 is 1.06 bits per heavy atom. The van der Waals surface area contributed by atoms with Crippen LogP contribution in [0.4, 0.5) is 0 Å². The maximum absolute atomic E-state index is 13.1. The van der Waals surface area contributed by atoms with Gasteiger partial charge in [-0.3, -0.25) is 23.5 Å². The molecule has 0 saturated carbocycles. The lowest BCUT2D eigenvalue weighted by atomic mass is 9.97. The maximum atomic E-state index is 13.1. The Morgan fingerprint density at radius 3 is 2.41 bits per heavy atom. The van der Waals surface area contributed by atoms with Crippen LogP contribution < -0.4 is 11.2 Å². The summed E-state index contributed by atoms with van der Waals surface area (Å²) in [7, 11) is 0. The van der Waals surface area contributed by atoms with Gasteiger partial charge in [0.25, 0.3) is 5.56 Å². The standard InChI is InChI=1S/C24H27N5O5/c1-3-28-21-18(14-25-20(26-21)16-8-6-5-7-9-16)22(31)29(24(28)33)15-19(30)27-12-10-17(11-13-27)23(32)34-4-2/h5-9,14,17H,3-4,10-13,15H2,1-2H3. The summed E-state index contributed by atoms with van der Waals surface area (Å²) >= 11 is 0. The van der Waals surface area contributed by atoms with Gasteiger partial charge in [0.1, 0.15) is 11.9 Å². The van der Waals surface area contributed by atoms with Crippen molar-refractivity contribution in [3.8, 4) is 11.4 Å². The van der Waals surface area contributed by atoms with Crippen LogP contribution in [0.25, 0.3) is 22.4 Å². The minimum absolute atomic E-state index is 0.176. The molecule has 1 aliphatic rings. The van der Waals surface area contributed by atoms with Gasteiger partial charge in [-0.1, -0.05) is 30.3 Å². The molecule has 1 fully saturated rings. The molecule has 3 heterocycles. The number of aromatic nitrogens is 4. The number of benzene rings is 1. The normalized spacial score (nSPS) is 14.4. The summed E-state index contributed by atoms with van der Waals surface area (Å²) < 4.78 is 7.39. The quantitative estimate of drug-likeness (QED) is 0.506. The maximum Gasteiger partial charge on any atom is 0.333 e. The number of piperidine rings is 1. The van der Waals surface area contributed by atoms with E-state index in [0.717, 1.165) is 10.1 Å². The number of nitrogens with zero attached hydrogens (tertiary/aromatic N) is 5. The Balaban J connectivity index is 1.61. The van der Waals surface area contributed by atoms with Gasteiger partial charge in [0, 0.05) is 31.4 Å². The highest BCUT2D eigenvalue weighted by atomic mass is 16.5. The van der Waals surface area contributed by atoms with E-state index in [1.165, 1.54) is 10.8 Å². The summed E-state index contributed by atoms with van der Waals surface area (Å²) in [6, 6.07) is 9.28. The fourth-order valence-corrected chi connectivity index (χ4v) is 4.21. The van der Waals surface area contributed by atoms with E-state index < -0.39 is 11.2 Å². The van der Waals surface area contributed by atoms with E-state index >= 15 is 0 Å². The number of esters is 1. The minimum atomic E-state index is -0.598. The Hall–Kier alpha value is -3.82. The summed E-state index contributed by atoms with van der Waals surface area (Å²) in [4.78, 5) is 61.5. The number of hydrogen-bond donors (Lipinski definition) is 0. The first-order valence-electron chi connectivity index (χ1n) is 11.4. The Morgan fingerprint density at radius 2 is 1.76 bits per heavy atom. The van der Waals surface area contributed by atoms with Gasteiger partial charge in [0.15, 0.2) is 11.5 Å². The highest BCUT2D eigenvalue weighted by Gasteiger charge is 2.29. The molecule has 0 unspecified atom stereocenters. The topological polar surface area (TPSA) is 116 Å². The van der Waals surface area contributed by atoms with Crippen LogP contribution in [0, 0.1) is 5.92 Å². The van der Waals surface area contributed by atoms with Crippen LogP contribution >= 0.6 is 0 Å². The smallest absolute Gasteiger partial charge is 0.333 e. The van der Waals surface area contributed by atoms with E-state index in [1.54, 1.807) is 18.7 Å². The van der Waals surface area contributed by atoms with E-state index in [4.69, 9.17) is 4.74 Å². The fraction of sp³-hybridized carbons (Fsp3) is 0.417. The van der Waals surface area contributed by atoms with Gasteiger partial charge in [-0.25, -0.2) is 14.8 Å². The van der Waals surface area contributed by atoms with Crippen LogP contribution in [0.3, 0.4) is 0 Å². The molecule has 3 aromatic rings. The molecule has 1 saturated heterocycles. The van der Waals surface area contributed by atoms with Crippen LogP contribution in [-0.4, -0.2) is 55.6 Å². The Kier molecular flexibility index (Phi) is 6.85. The number of ether oxygens (including phenoxy) is 1. The summed E-state index contributed by atoms with van der Waals surface area (Å²) in [6.07, 6.45) is 2.39. The first kappa shape index (κ1) is 23.3. The molecule has 2 aromatic heterocycles. The Labute approximate surface area is 195 Å². The molecule has 0 radical (unpaired) electrons. The number of likely N-dealkylation sites (tertiary alicyclic amines) is 1. The SMILES string of the molecule is CCOC(=O)C1CCN(C(=O)Cn2c(=O)c3cnc(-c4ccccc4)nc3n(CC)c2=O)CC1. The average molecular weight is 466 g/mol. The van der Waals surface area contributed by atoms with Gasteiger partial charge >= 0.3 is 11.7 Å². The molecule has 10 nitrogen and oxygen atoms in total. The number of fused-ring (bicyclic) bond motifs is 1. The van der Waals surface area contributed by atoms with Crippen molar-refractivity contribution in [1.29, 1.82) is 0 Å². The number of hydrogen-bond acceptors (Lipinski definition) is 7. The average Bonchev–Trinajstić information content (AvgIpc) is 2.87. The predicted molar refractivity (Wildman–Crippen MR) is 125 cm³/mol. The van der Waals surface area contributed by atoms with Gasteiger partial charge in [0.2, 0.25) is 5.91 Å². The van der Waals surface area contributed by atoms with Crippen molar-refractivity contribution in [2.75, 3.05) is 19.7 Å². The molecule has 0 N–H and O–H groups in total. The number of carbonyl (C=O) groups excluding carboxylic acids is 2. The summed E-state index contributed by atoms with van der Waals surface area (Å²) in [5.74, 6) is -0.417.